The lowest BCUT2D eigenvalue weighted by atomic mass is 10.1. The fourth-order valence-electron chi connectivity index (χ4n) is 3.40. The summed E-state index contributed by atoms with van der Waals surface area (Å²) in [4.78, 5) is 19.5. The number of unbranched alkanes of at least 4 members (excludes halogenated alkanes) is 2. The molecule has 0 fully saturated rings. The zero-order valence-electron chi connectivity index (χ0n) is 17.0. The van der Waals surface area contributed by atoms with E-state index in [4.69, 9.17) is 4.98 Å². The van der Waals surface area contributed by atoms with Gasteiger partial charge in [-0.25, -0.2) is 13.8 Å². The van der Waals surface area contributed by atoms with Gasteiger partial charge in [0.2, 0.25) is 0 Å². The van der Waals surface area contributed by atoms with Crippen molar-refractivity contribution in [3.05, 3.63) is 65.5 Å². The Hall–Kier alpha value is -2.76. The van der Waals surface area contributed by atoms with E-state index in [9.17, 15) is 13.6 Å². The van der Waals surface area contributed by atoms with Crippen LogP contribution in [0.1, 0.15) is 55.7 Å². The molecule has 0 aliphatic carbocycles. The number of benzene rings is 2. The summed E-state index contributed by atoms with van der Waals surface area (Å²) in [5, 5.41) is 0. The van der Waals surface area contributed by atoms with Gasteiger partial charge in [-0.2, -0.15) is 0 Å². The smallest absolute Gasteiger partial charge is 0.254 e. The SMILES string of the molecule is CCCCN(Cc1nc2ccccc2n1CCCC)C(=O)c1ccc(F)c(F)c1. The van der Waals surface area contributed by atoms with Crippen LogP contribution in [0.25, 0.3) is 11.0 Å². The van der Waals surface area contributed by atoms with Crippen molar-refractivity contribution < 1.29 is 13.6 Å². The largest absolute Gasteiger partial charge is 0.331 e. The fourth-order valence-corrected chi connectivity index (χ4v) is 3.40. The molecule has 0 radical (unpaired) electrons. The molecule has 0 saturated carbocycles. The maximum Gasteiger partial charge on any atom is 0.254 e. The minimum atomic E-state index is -1.01. The van der Waals surface area contributed by atoms with Gasteiger partial charge < -0.3 is 9.47 Å². The number of carbonyl (C=O) groups excluding carboxylic acids is 1. The highest BCUT2D eigenvalue weighted by atomic mass is 19.2. The van der Waals surface area contributed by atoms with Gasteiger partial charge in [0.15, 0.2) is 11.6 Å². The highest BCUT2D eigenvalue weighted by molar-refractivity contribution is 5.94. The average Bonchev–Trinajstić information content (AvgIpc) is 3.08. The van der Waals surface area contributed by atoms with Crippen molar-refractivity contribution in [3.8, 4) is 0 Å². The van der Waals surface area contributed by atoms with Crippen molar-refractivity contribution in [2.24, 2.45) is 0 Å². The van der Waals surface area contributed by atoms with E-state index in [0.29, 0.717) is 13.1 Å². The Bertz CT molecular complexity index is 983. The molecule has 0 spiro atoms. The van der Waals surface area contributed by atoms with Crippen LogP contribution in [0.4, 0.5) is 8.78 Å². The lowest BCUT2D eigenvalue weighted by Crippen LogP contribution is -2.33. The Labute approximate surface area is 170 Å². The highest BCUT2D eigenvalue weighted by Gasteiger charge is 2.20. The van der Waals surface area contributed by atoms with E-state index in [0.717, 1.165) is 61.2 Å². The number of carbonyl (C=O) groups is 1. The quantitative estimate of drug-likeness (QED) is 0.473. The van der Waals surface area contributed by atoms with Crippen LogP contribution in [0.5, 0.6) is 0 Å². The third kappa shape index (κ3) is 4.81. The number of fused-ring (bicyclic) bond motifs is 1. The van der Waals surface area contributed by atoms with Crippen LogP contribution in [0.15, 0.2) is 42.5 Å². The number of hydrogen-bond donors (Lipinski definition) is 0. The van der Waals surface area contributed by atoms with Crippen molar-refractivity contribution in [2.45, 2.75) is 52.6 Å². The summed E-state index contributed by atoms with van der Waals surface area (Å²) in [5.74, 6) is -1.47. The molecular weight excluding hydrogens is 372 g/mol. The van der Waals surface area contributed by atoms with Crippen LogP contribution < -0.4 is 0 Å². The second-order valence-corrected chi connectivity index (χ2v) is 7.23. The molecule has 2 aromatic carbocycles. The van der Waals surface area contributed by atoms with E-state index in [-0.39, 0.29) is 11.5 Å². The first-order valence-electron chi connectivity index (χ1n) is 10.2. The highest BCUT2D eigenvalue weighted by Crippen LogP contribution is 2.20. The van der Waals surface area contributed by atoms with Gasteiger partial charge in [-0.1, -0.05) is 38.8 Å². The molecule has 0 bridgehead atoms. The fraction of sp³-hybridized carbons (Fsp3) is 0.391. The summed E-state index contributed by atoms with van der Waals surface area (Å²) in [6.07, 6.45) is 3.82. The molecule has 29 heavy (non-hydrogen) atoms. The Morgan fingerprint density at radius 3 is 2.52 bits per heavy atom. The second kappa shape index (κ2) is 9.63. The van der Waals surface area contributed by atoms with E-state index in [1.54, 1.807) is 4.90 Å². The molecule has 1 heterocycles. The van der Waals surface area contributed by atoms with E-state index in [2.05, 4.69) is 18.4 Å². The first-order chi connectivity index (χ1) is 14.0. The maximum atomic E-state index is 13.7. The Balaban J connectivity index is 1.93. The van der Waals surface area contributed by atoms with Crippen molar-refractivity contribution >= 4 is 16.9 Å². The standard InChI is InChI=1S/C23H27F2N3O/c1-3-5-13-27(23(29)17-11-12-18(24)19(25)15-17)16-22-26-20-9-7-8-10-21(20)28(22)14-6-4-2/h7-12,15H,3-6,13-14,16H2,1-2H3. The second-order valence-electron chi connectivity index (χ2n) is 7.23. The van der Waals surface area contributed by atoms with Crippen molar-refractivity contribution in [1.82, 2.24) is 14.5 Å². The minimum Gasteiger partial charge on any atom is -0.331 e. The number of halogens is 2. The lowest BCUT2D eigenvalue weighted by molar-refractivity contribution is 0.0734. The number of nitrogens with zero attached hydrogens (tertiary/aromatic N) is 3. The van der Waals surface area contributed by atoms with Crippen LogP contribution in [0.2, 0.25) is 0 Å². The molecule has 0 atom stereocenters. The molecule has 3 aromatic rings. The molecule has 6 heteroatoms. The summed E-state index contributed by atoms with van der Waals surface area (Å²) in [6, 6.07) is 11.2. The summed E-state index contributed by atoms with van der Waals surface area (Å²) < 4.78 is 29.1. The molecular formula is C23H27F2N3O. The third-order valence-electron chi connectivity index (χ3n) is 5.04. The Kier molecular flexibility index (Phi) is 6.96. The monoisotopic (exact) mass is 399 g/mol. The Morgan fingerprint density at radius 2 is 1.79 bits per heavy atom. The molecule has 0 aliphatic heterocycles. The summed E-state index contributed by atoms with van der Waals surface area (Å²) >= 11 is 0. The van der Waals surface area contributed by atoms with E-state index >= 15 is 0 Å². The molecule has 3 rings (SSSR count). The zero-order chi connectivity index (χ0) is 20.8. The number of amides is 1. The van der Waals surface area contributed by atoms with Crippen molar-refractivity contribution in [1.29, 1.82) is 0 Å². The molecule has 0 saturated heterocycles. The number of aryl methyl sites for hydroxylation is 1. The summed E-state index contributed by atoms with van der Waals surface area (Å²) in [7, 11) is 0. The summed E-state index contributed by atoms with van der Waals surface area (Å²) in [5.41, 5.74) is 2.09. The minimum absolute atomic E-state index is 0.149. The predicted molar refractivity (Wildman–Crippen MR) is 111 cm³/mol. The normalized spacial score (nSPS) is 11.2. The van der Waals surface area contributed by atoms with Gasteiger partial charge in [0.25, 0.3) is 5.91 Å². The number of hydrogen-bond acceptors (Lipinski definition) is 2. The van der Waals surface area contributed by atoms with Gasteiger partial charge >= 0.3 is 0 Å². The van der Waals surface area contributed by atoms with Gasteiger partial charge in [0, 0.05) is 18.7 Å². The first kappa shape index (κ1) is 21.0. The molecule has 0 N–H and O–H groups in total. The molecule has 154 valence electrons. The number of imidazole rings is 1. The third-order valence-corrected chi connectivity index (χ3v) is 5.04. The van der Waals surface area contributed by atoms with Crippen LogP contribution in [-0.4, -0.2) is 26.9 Å². The Morgan fingerprint density at radius 1 is 1.03 bits per heavy atom. The van der Waals surface area contributed by atoms with Gasteiger partial charge in [-0.3, -0.25) is 4.79 Å². The topological polar surface area (TPSA) is 38.1 Å². The number of aromatic nitrogens is 2. The van der Waals surface area contributed by atoms with E-state index < -0.39 is 11.6 Å². The van der Waals surface area contributed by atoms with Gasteiger partial charge in [-0.05, 0) is 43.2 Å². The molecule has 0 aliphatic rings. The van der Waals surface area contributed by atoms with Crippen LogP contribution in [-0.2, 0) is 13.1 Å². The van der Waals surface area contributed by atoms with Crippen LogP contribution in [0, 0.1) is 11.6 Å². The van der Waals surface area contributed by atoms with Gasteiger partial charge in [-0.15, -0.1) is 0 Å². The zero-order valence-corrected chi connectivity index (χ0v) is 17.0. The number of rotatable bonds is 9. The van der Waals surface area contributed by atoms with E-state index in [1.807, 2.05) is 24.3 Å². The van der Waals surface area contributed by atoms with Crippen molar-refractivity contribution in [2.75, 3.05) is 6.54 Å². The van der Waals surface area contributed by atoms with Crippen LogP contribution in [0.3, 0.4) is 0 Å². The maximum absolute atomic E-state index is 13.7. The van der Waals surface area contributed by atoms with E-state index in [1.165, 1.54) is 6.07 Å². The summed E-state index contributed by atoms with van der Waals surface area (Å²) in [6.45, 7) is 5.88. The molecule has 0 unspecified atom stereocenters. The van der Waals surface area contributed by atoms with Gasteiger partial charge in [0.1, 0.15) is 5.82 Å². The first-order valence-corrected chi connectivity index (χ1v) is 10.2. The van der Waals surface area contributed by atoms with Gasteiger partial charge in [0.05, 0.1) is 17.6 Å². The van der Waals surface area contributed by atoms with Crippen LogP contribution >= 0.6 is 0 Å². The molecule has 1 aromatic heterocycles. The number of para-hydroxylation sites is 2. The lowest BCUT2D eigenvalue weighted by Gasteiger charge is -2.23. The average molecular weight is 399 g/mol. The molecule has 1 amide bonds. The van der Waals surface area contributed by atoms with Crippen molar-refractivity contribution in [3.63, 3.8) is 0 Å². The molecule has 4 nitrogen and oxygen atoms in total. The predicted octanol–water partition coefficient (Wildman–Crippen LogP) is 5.56.